The second-order valence-electron chi connectivity index (χ2n) is 6.30. The van der Waals surface area contributed by atoms with E-state index in [0.29, 0.717) is 35.1 Å². The van der Waals surface area contributed by atoms with Crippen LogP contribution in [0.25, 0.3) is 0 Å². The molecule has 1 aliphatic rings. The number of amides is 1. The third-order valence-corrected chi connectivity index (χ3v) is 6.60. The van der Waals surface area contributed by atoms with Crippen molar-refractivity contribution in [2.75, 3.05) is 13.1 Å². The van der Waals surface area contributed by atoms with Gasteiger partial charge in [-0.15, -0.1) is 0 Å². The molecule has 0 atom stereocenters. The zero-order valence-electron chi connectivity index (χ0n) is 14.3. The van der Waals surface area contributed by atoms with Crippen LogP contribution in [-0.4, -0.2) is 31.7 Å². The molecule has 2 aromatic carbocycles. The Morgan fingerprint density at radius 3 is 2.19 bits per heavy atom. The van der Waals surface area contributed by atoms with Crippen LogP contribution >= 0.6 is 11.6 Å². The van der Waals surface area contributed by atoms with Gasteiger partial charge in [0.05, 0.1) is 4.90 Å². The molecule has 3 rings (SSSR count). The Bertz CT molecular complexity index is 859. The fraction of sp³-hybridized carbons (Fsp3) is 0.316. The topological polar surface area (TPSA) is 66.5 Å². The van der Waals surface area contributed by atoms with Gasteiger partial charge in [-0.2, -0.15) is 4.31 Å². The largest absolute Gasteiger partial charge is 0.348 e. The van der Waals surface area contributed by atoms with Crippen molar-refractivity contribution in [2.24, 2.45) is 0 Å². The van der Waals surface area contributed by atoms with Gasteiger partial charge in [0.15, 0.2) is 0 Å². The Hall–Kier alpha value is -1.89. The van der Waals surface area contributed by atoms with Crippen molar-refractivity contribution in [3.05, 3.63) is 64.7 Å². The summed E-state index contributed by atoms with van der Waals surface area (Å²) in [5.41, 5.74) is 1.36. The second-order valence-corrected chi connectivity index (χ2v) is 8.67. The minimum absolute atomic E-state index is 0.202. The molecule has 0 aromatic heterocycles. The van der Waals surface area contributed by atoms with E-state index < -0.39 is 10.0 Å². The van der Waals surface area contributed by atoms with Crippen LogP contribution in [-0.2, 0) is 16.6 Å². The lowest BCUT2D eigenvalue weighted by molar-refractivity contribution is 0.0951. The van der Waals surface area contributed by atoms with E-state index in [1.54, 1.807) is 52.8 Å². The summed E-state index contributed by atoms with van der Waals surface area (Å²) in [6, 6.07) is 13.3. The number of sulfonamides is 1. The van der Waals surface area contributed by atoms with Crippen LogP contribution in [0.3, 0.4) is 0 Å². The van der Waals surface area contributed by atoms with Gasteiger partial charge in [-0.3, -0.25) is 4.79 Å². The number of carbonyl (C=O) groups excluding carboxylic acids is 1. The van der Waals surface area contributed by atoms with E-state index in [-0.39, 0.29) is 5.91 Å². The van der Waals surface area contributed by atoms with Gasteiger partial charge in [0.25, 0.3) is 5.91 Å². The molecule has 1 N–H and O–H groups in total. The average Bonchev–Trinajstić information content (AvgIpc) is 2.67. The normalized spacial score (nSPS) is 15.6. The highest BCUT2D eigenvalue weighted by molar-refractivity contribution is 7.89. The lowest BCUT2D eigenvalue weighted by atomic mass is 10.2. The van der Waals surface area contributed by atoms with Gasteiger partial charge in [-0.1, -0.05) is 30.2 Å². The number of nitrogens with one attached hydrogen (secondary N) is 1. The van der Waals surface area contributed by atoms with Crippen molar-refractivity contribution >= 4 is 27.5 Å². The first-order valence-electron chi connectivity index (χ1n) is 8.60. The lowest BCUT2D eigenvalue weighted by Crippen LogP contribution is -2.35. The molecule has 0 unspecified atom stereocenters. The zero-order valence-corrected chi connectivity index (χ0v) is 15.9. The van der Waals surface area contributed by atoms with Crippen molar-refractivity contribution < 1.29 is 13.2 Å². The van der Waals surface area contributed by atoms with E-state index in [1.807, 2.05) is 0 Å². The van der Waals surface area contributed by atoms with E-state index >= 15 is 0 Å². The summed E-state index contributed by atoms with van der Waals surface area (Å²) in [5.74, 6) is -0.202. The molecule has 1 heterocycles. The highest BCUT2D eigenvalue weighted by Gasteiger charge is 2.25. The summed E-state index contributed by atoms with van der Waals surface area (Å²) < 4.78 is 26.8. The zero-order chi connectivity index (χ0) is 18.6. The summed E-state index contributed by atoms with van der Waals surface area (Å²) in [6.45, 7) is 1.49. The molecule has 2 aromatic rings. The Morgan fingerprint density at radius 1 is 0.962 bits per heavy atom. The fourth-order valence-corrected chi connectivity index (χ4v) is 4.56. The lowest BCUT2D eigenvalue weighted by Gasteiger charge is -2.25. The number of benzene rings is 2. The van der Waals surface area contributed by atoms with Gasteiger partial charge in [-0.05, 0) is 54.8 Å². The SMILES string of the molecule is O=C(NCc1ccc(S(=O)(=O)N2CCCCC2)cc1)c1ccc(Cl)cc1. The number of hydrogen-bond acceptors (Lipinski definition) is 3. The summed E-state index contributed by atoms with van der Waals surface area (Å²) in [5, 5.41) is 3.39. The van der Waals surface area contributed by atoms with Crippen molar-refractivity contribution in [1.29, 1.82) is 0 Å². The molecular formula is C19H21ClN2O3S. The Labute approximate surface area is 159 Å². The summed E-state index contributed by atoms with van der Waals surface area (Å²) >= 11 is 5.81. The van der Waals surface area contributed by atoms with E-state index in [1.165, 1.54) is 0 Å². The Balaban J connectivity index is 1.62. The molecule has 1 fully saturated rings. The van der Waals surface area contributed by atoms with Gasteiger partial charge >= 0.3 is 0 Å². The molecule has 0 aliphatic carbocycles. The first kappa shape index (κ1) is 18.9. The number of rotatable bonds is 5. The van der Waals surface area contributed by atoms with Gasteiger partial charge in [0.2, 0.25) is 10.0 Å². The number of hydrogen-bond donors (Lipinski definition) is 1. The highest BCUT2D eigenvalue weighted by atomic mass is 35.5. The van der Waals surface area contributed by atoms with Crippen LogP contribution in [0.1, 0.15) is 35.2 Å². The monoisotopic (exact) mass is 392 g/mol. The van der Waals surface area contributed by atoms with E-state index in [2.05, 4.69) is 5.32 Å². The highest BCUT2D eigenvalue weighted by Crippen LogP contribution is 2.21. The third-order valence-electron chi connectivity index (χ3n) is 4.44. The standard InChI is InChI=1S/C19H21ClN2O3S/c20-17-8-6-16(7-9-17)19(23)21-14-15-4-10-18(11-5-15)26(24,25)22-12-2-1-3-13-22/h4-11H,1-3,12-14H2,(H,21,23). The average molecular weight is 393 g/mol. The maximum atomic E-state index is 12.6. The molecule has 1 saturated heterocycles. The Morgan fingerprint density at radius 2 is 1.58 bits per heavy atom. The fourth-order valence-electron chi connectivity index (χ4n) is 2.92. The van der Waals surface area contributed by atoms with Crippen molar-refractivity contribution in [3.63, 3.8) is 0 Å². The minimum atomic E-state index is -3.42. The van der Waals surface area contributed by atoms with Crippen LogP contribution in [0, 0.1) is 0 Å². The van der Waals surface area contributed by atoms with Crippen LogP contribution in [0.5, 0.6) is 0 Å². The first-order chi connectivity index (χ1) is 12.5. The molecule has 1 aliphatic heterocycles. The van der Waals surface area contributed by atoms with Crippen LogP contribution in [0.4, 0.5) is 0 Å². The number of piperidine rings is 1. The van der Waals surface area contributed by atoms with Crippen LogP contribution in [0.2, 0.25) is 5.02 Å². The summed E-state index contributed by atoms with van der Waals surface area (Å²) in [6.07, 6.45) is 2.90. The second kappa shape index (κ2) is 8.20. The van der Waals surface area contributed by atoms with E-state index in [0.717, 1.165) is 24.8 Å². The quantitative estimate of drug-likeness (QED) is 0.847. The van der Waals surface area contributed by atoms with Gasteiger partial charge < -0.3 is 5.32 Å². The van der Waals surface area contributed by atoms with E-state index in [4.69, 9.17) is 11.6 Å². The van der Waals surface area contributed by atoms with Gasteiger partial charge in [0.1, 0.15) is 0 Å². The molecule has 1 amide bonds. The van der Waals surface area contributed by atoms with Crippen molar-refractivity contribution in [1.82, 2.24) is 9.62 Å². The maximum Gasteiger partial charge on any atom is 0.251 e. The van der Waals surface area contributed by atoms with Crippen LogP contribution in [0.15, 0.2) is 53.4 Å². The number of carbonyl (C=O) groups is 1. The van der Waals surface area contributed by atoms with Crippen molar-refractivity contribution in [3.8, 4) is 0 Å². The number of halogens is 1. The molecule has 0 spiro atoms. The van der Waals surface area contributed by atoms with Gasteiger partial charge in [0, 0.05) is 30.2 Å². The maximum absolute atomic E-state index is 12.6. The molecule has 5 nitrogen and oxygen atoms in total. The molecule has 0 bridgehead atoms. The molecule has 0 radical (unpaired) electrons. The predicted molar refractivity (Wildman–Crippen MR) is 102 cm³/mol. The smallest absolute Gasteiger partial charge is 0.251 e. The van der Waals surface area contributed by atoms with Crippen molar-refractivity contribution in [2.45, 2.75) is 30.7 Å². The molecule has 138 valence electrons. The van der Waals surface area contributed by atoms with Crippen LogP contribution < -0.4 is 5.32 Å². The summed E-state index contributed by atoms with van der Waals surface area (Å²) in [7, 11) is -3.42. The molecule has 26 heavy (non-hydrogen) atoms. The first-order valence-corrected chi connectivity index (χ1v) is 10.4. The minimum Gasteiger partial charge on any atom is -0.348 e. The predicted octanol–water partition coefficient (Wildman–Crippen LogP) is 3.44. The van der Waals surface area contributed by atoms with E-state index in [9.17, 15) is 13.2 Å². The summed E-state index contributed by atoms with van der Waals surface area (Å²) in [4.78, 5) is 12.4. The molecule has 0 saturated carbocycles. The molecular weight excluding hydrogens is 372 g/mol. The molecule has 7 heteroatoms. The number of nitrogens with zero attached hydrogens (tertiary/aromatic N) is 1. The Kier molecular flexibility index (Phi) is 5.96. The van der Waals surface area contributed by atoms with Gasteiger partial charge in [-0.25, -0.2) is 8.42 Å². The third kappa shape index (κ3) is 4.44.